The molecular formula is C17H25NO2. The average Bonchev–Trinajstić information content (AvgIpc) is 2.67. The number of rotatable bonds is 0. The van der Waals surface area contributed by atoms with Crippen molar-refractivity contribution in [3.05, 3.63) is 23.3 Å². The fraction of sp³-hybridized carbons (Fsp3) is 0.706. The molecular weight excluding hydrogens is 250 g/mol. The summed E-state index contributed by atoms with van der Waals surface area (Å²) in [5.74, 6) is 0.559. The highest BCUT2D eigenvalue weighted by molar-refractivity contribution is 5.99. The monoisotopic (exact) mass is 275 g/mol. The van der Waals surface area contributed by atoms with Gasteiger partial charge in [0.1, 0.15) is 0 Å². The molecule has 3 heteroatoms. The number of aliphatic hydroxyl groups is 1. The van der Waals surface area contributed by atoms with Gasteiger partial charge in [-0.05, 0) is 70.2 Å². The zero-order valence-electron chi connectivity index (χ0n) is 12.6. The minimum atomic E-state index is -0.411. The summed E-state index contributed by atoms with van der Waals surface area (Å²) in [6.07, 6.45) is 8.19. The van der Waals surface area contributed by atoms with Crippen molar-refractivity contribution in [2.24, 2.45) is 11.3 Å². The molecule has 1 heterocycles. The number of carbonyl (C=O) groups is 1. The maximum absolute atomic E-state index is 12.8. The fourth-order valence-corrected chi connectivity index (χ4v) is 4.50. The smallest absolute Gasteiger partial charge is 0.166 e. The Labute approximate surface area is 121 Å². The van der Waals surface area contributed by atoms with Crippen LogP contribution in [0.5, 0.6) is 0 Å². The largest absolute Gasteiger partial charge is 0.389 e. The van der Waals surface area contributed by atoms with Crippen LogP contribution in [0.4, 0.5) is 0 Å². The molecule has 3 aliphatic rings. The van der Waals surface area contributed by atoms with Crippen molar-refractivity contribution in [1.82, 2.24) is 4.90 Å². The number of allylic oxidation sites excluding steroid dienone is 2. The van der Waals surface area contributed by atoms with E-state index in [4.69, 9.17) is 0 Å². The van der Waals surface area contributed by atoms with Gasteiger partial charge in [-0.3, -0.25) is 4.79 Å². The molecule has 0 radical (unpaired) electrons. The van der Waals surface area contributed by atoms with E-state index in [1.165, 1.54) is 5.57 Å². The van der Waals surface area contributed by atoms with Crippen LogP contribution in [0.2, 0.25) is 0 Å². The second kappa shape index (κ2) is 5.12. The Morgan fingerprint density at radius 2 is 2.20 bits per heavy atom. The zero-order chi connectivity index (χ0) is 14.3. The van der Waals surface area contributed by atoms with E-state index in [9.17, 15) is 9.90 Å². The second-order valence-corrected chi connectivity index (χ2v) is 6.83. The molecule has 0 aromatic rings. The van der Waals surface area contributed by atoms with Crippen molar-refractivity contribution >= 4 is 5.78 Å². The summed E-state index contributed by atoms with van der Waals surface area (Å²) in [5.41, 5.74) is 1.83. The molecule has 0 unspecified atom stereocenters. The highest BCUT2D eigenvalue weighted by atomic mass is 16.3. The van der Waals surface area contributed by atoms with E-state index >= 15 is 0 Å². The van der Waals surface area contributed by atoms with E-state index in [-0.39, 0.29) is 11.2 Å². The van der Waals surface area contributed by atoms with Gasteiger partial charge >= 0.3 is 0 Å². The first-order valence-corrected chi connectivity index (χ1v) is 7.83. The second-order valence-electron chi connectivity index (χ2n) is 6.83. The van der Waals surface area contributed by atoms with Gasteiger partial charge in [-0.2, -0.15) is 0 Å². The van der Waals surface area contributed by atoms with Crippen LogP contribution in [-0.4, -0.2) is 42.0 Å². The van der Waals surface area contributed by atoms with Crippen LogP contribution in [0, 0.1) is 11.3 Å². The lowest BCUT2D eigenvalue weighted by Gasteiger charge is -2.38. The van der Waals surface area contributed by atoms with Gasteiger partial charge in [-0.1, -0.05) is 11.6 Å². The topological polar surface area (TPSA) is 40.5 Å². The van der Waals surface area contributed by atoms with Crippen LogP contribution >= 0.6 is 0 Å². The number of ketones is 1. The van der Waals surface area contributed by atoms with Crippen molar-refractivity contribution in [1.29, 1.82) is 0 Å². The SMILES string of the molecule is CC1=CC(=O)[C@]23CCCN(C)CC/C=C\2[C@@H](O)C[C@@H]3C1. The Morgan fingerprint density at radius 3 is 3.00 bits per heavy atom. The van der Waals surface area contributed by atoms with Crippen molar-refractivity contribution < 1.29 is 9.90 Å². The quantitative estimate of drug-likeness (QED) is 0.690. The summed E-state index contributed by atoms with van der Waals surface area (Å²) in [4.78, 5) is 15.1. The Kier molecular flexibility index (Phi) is 3.59. The molecule has 20 heavy (non-hydrogen) atoms. The molecule has 3 nitrogen and oxygen atoms in total. The minimum absolute atomic E-state index is 0.249. The summed E-state index contributed by atoms with van der Waals surface area (Å²) >= 11 is 0. The summed E-state index contributed by atoms with van der Waals surface area (Å²) in [7, 11) is 2.14. The molecule has 0 bridgehead atoms. The lowest BCUT2D eigenvalue weighted by molar-refractivity contribution is -0.125. The molecule has 110 valence electrons. The zero-order valence-corrected chi connectivity index (χ0v) is 12.6. The molecule has 0 aromatic heterocycles. The Balaban J connectivity index is 2.03. The number of hydrogen-bond donors (Lipinski definition) is 1. The van der Waals surface area contributed by atoms with Crippen LogP contribution in [0.1, 0.15) is 39.0 Å². The van der Waals surface area contributed by atoms with Crippen LogP contribution in [0.3, 0.4) is 0 Å². The van der Waals surface area contributed by atoms with Gasteiger partial charge in [0, 0.05) is 6.54 Å². The Hall–Kier alpha value is -0.930. The number of nitrogens with zero attached hydrogens (tertiary/aromatic N) is 1. The van der Waals surface area contributed by atoms with Crippen LogP contribution in [0.25, 0.3) is 0 Å². The first kappa shape index (κ1) is 14.0. The van der Waals surface area contributed by atoms with E-state index in [1.54, 1.807) is 0 Å². The van der Waals surface area contributed by atoms with Crippen LogP contribution < -0.4 is 0 Å². The van der Waals surface area contributed by atoms with Crippen molar-refractivity contribution in [2.45, 2.75) is 45.1 Å². The number of carbonyl (C=O) groups excluding carboxylic acids is 1. The number of hydrogen-bond acceptors (Lipinski definition) is 3. The molecule has 1 fully saturated rings. The normalized spacial score (nSPS) is 41.6. The number of aliphatic hydroxyl groups excluding tert-OH is 1. The van der Waals surface area contributed by atoms with E-state index in [1.807, 2.05) is 13.0 Å². The minimum Gasteiger partial charge on any atom is -0.389 e. The highest BCUT2D eigenvalue weighted by Gasteiger charge is 2.55. The van der Waals surface area contributed by atoms with E-state index in [0.29, 0.717) is 5.92 Å². The van der Waals surface area contributed by atoms with E-state index in [2.05, 4.69) is 18.0 Å². The standard InChI is InChI=1S/C17H25NO2/c1-12-9-13-11-15(19)14-5-3-7-18(2)8-4-6-17(13,14)16(20)10-12/h5,10,13,15,19H,3-4,6-9,11H2,1-2H3/b14-5-/t13-,15-,17-/m0/s1. The maximum atomic E-state index is 12.8. The lowest BCUT2D eigenvalue weighted by Crippen LogP contribution is -2.39. The van der Waals surface area contributed by atoms with Gasteiger partial charge in [0.2, 0.25) is 0 Å². The molecule has 3 rings (SSSR count). The molecule has 1 aliphatic heterocycles. The van der Waals surface area contributed by atoms with Gasteiger partial charge in [-0.25, -0.2) is 0 Å². The highest BCUT2D eigenvalue weighted by Crippen LogP contribution is 2.56. The molecule has 1 saturated carbocycles. The first-order valence-electron chi connectivity index (χ1n) is 7.83. The van der Waals surface area contributed by atoms with Crippen LogP contribution in [0.15, 0.2) is 23.3 Å². The molecule has 0 saturated heterocycles. The van der Waals surface area contributed by atoms with Crippen molar-refractivity contribution in [3.8, 4) is 0 Å². The molecule has 0 amide bonds. The van der Waals surface area contributed by atoms with Gasteiger partial charge < -0.3 is 10.0 Å². The van der Waals surface area contributed by atoms with Gasteiger partial charge in [0.05, 0.1) is 11.5 Å². The van der Waals surface area contributed by atoms with Gasteiger partial charge in [0.15, 0.2) is 5.78 Å². The van der Waals surface area contributed by atoms with Gasteiger partial charge in [0.25, 0.3) is 0 Å². The van der Waals surface area contributed by atoms with Gasteiger partial charge in [-0.15, -0.1) is 0 Å². The first-order chi connectivity index (χ1) is 9.54. The van der Waals surface area contributed by atoms with E-state index < -0.39 is 6.10 Å². The third-order valence-corrected chi connectivity index (χ3v) is 5.45. The molecule has 2 aliphatic carbocycles. The van der Waals surface area contributed by atoms with E-state index in [0.717, 1.165) is 50.8 Å². The maximum Gasteiger partial charge on any atom is 0.166 e. The predicted molar refractivity (Wildman–Crippen MR) is 79.4 cm³/mol. The molecule has 3 atom stereocenters. The summed E-state index contributed by atoms with van der Waals surface area (Å²) in [6.45, 7) is 4.10. The summed E-state index contributed by atoms with van der Waals surface area (Å²) in [6, 6.07) is 0. The Bertz CT molecular complexity index is 479. The lowest BCUT2D eigenvalue weighted by atomic mass is 9.64. The van der Waals surface area contributed by atoms with Crippen molar-refractivity contribution in [2.75, 3.05) is 20.1 Å². The summed E-state index contributed by atoms with van der Waals surface area (Å²) < 4.78 is 0. The molecule has 1 spiro atoms. The third-order valence-electron chi connectivity index (χ3n) is 5.45. The fourth-order valence-electron chi connectivity index (χ4n) is 4.50. The molecule has 0 aromatic carbocycles. The summed E-state index contributed by atoms with van der Waals surface area (Å²) in [5, 5.41) is 10.5. The Morgan fingerprint density at radius 1 is 1.40 bits per heavy atom. The average molecular weight is 275 g/mol. The van der Waals surface area contributed by atoms with Crippen molar-refractivity contribution in [3.63, 3.8) is 0 Å². The third kappa shape index (κ3) is 2.08. The predicted octanol–water partition coefficient (Wildman–Crippen LogP) is 2.31. The molecule has 1 N–H and O–H groups in total. The van der Waals surface area contributed by atoms with Crippen LogP contribution in [-0.2, 0) is 4.79 Å².